The number of carbonyl (C=O) groups is 1. The number of benzene rings is 2. The predicted molar refractivity (Wildman–Crippen MR) is 94.4 cm³/mol. The maximum Gasteiger partial charge on any atom is 0.387 e. The van der Waals surface area contributed by atoms with Crippen LogP contribution in [-0.2, 0) is 4.79 Å². The molecule has 0 spiro atoms. The number of rotatable bonds is 8. The highest BCUT2D eigenvalue weighted by molar-refractivity contribution is 5.97. The van der Waals surface area contributed by atoms with Crippen molar-refractivity contribution in [3.8, 4) is 11.5 Å². The molecule has 0 saturated heterocycles. The molecule has 2 N–H and O–H groups in total. The van der Waals surface area contributed by atoms with Crippen molar-refractivity contribution >= 4 is 23.0 Å². The molecule has 1 unspecified atom stereocenters. The number of amides is 1. The van der Waals surface area contributed by atoms with Crippen molar-refractivity contribution in [1.29, 1.82) is 0 Å². The Bertz CT molecular complexity index is 815. The van der Waals surface area contributed by atoms with Gasteiger partial charge in [-0.1, -0.05) is 0 Å². The second kappa shape index (κ2) is 8.79. The van der Waals surface area contributed by atoms with Crippen molar-refractivity contribution in [1.82, 2.24) is 0 Å². The molecule has 1 atom stereocenters. The predicted octanol–water partition coefficient (Wildman–Crippen LogP) is 3.64. The number of nitro groups is 1. The second-order valence-corrected chi connectivity index (χ2v) is 5.40. The van der Waals surface area contributed by atoms with Crippen molar-refractivity contribution in [2.75, 3.05) is 17.7 Å². The Labute approximate surface area is 153 Å². The smallest absolute Gasteiger partial charge is 0.387 e. The molecule has 0 aliphatic rings. The zero-order valence-corrected chi connectivity index (χ0v) is 14.4. The van der Waals surface area contributed by atoms with E-state index in [1.165, 1.54) is 49.6 Å². The number of hydrogen-bond donors (Lipinski definition) is 2. The van der Waals surface area contributed by atoms with E-state index in [4.69, 9.17) is 4.74 Å². The van der Waals surface area contributed by atoms with Crippen LogP contribution in [0, 0.1) is 10.1 Å². The van der Waals surface area contributed by atoms with Crippen LogP contribution in [0.2, 0.25) is 0 Å². The summed E-state index contributed by atoms with van der Waals surface area (Å²) in [7, 11) is 1.38. The van der Waals surface area contributed by atoms with Crippen LogP contribution in [0.3, 0.4) is 0 Å². The molecule has 0 heterocycles. The van der Waals surface area contributed by atoms with Crippen molar-refractivity contribution in [3.05, 3.63) is 52.6 Å². The fourth-order valence-corrected chi connectivity index (χ4v) is 2.20. The number of nitrogens with zero attached hydrogens (tertiary/aromatic N) is 1. The minimum absolute atomic E-state index is 0.00557. The van der Waals surface area contributed by atoms with Crippen LogP contribution < -0.4 is 20.1 Å². The lowest BCUT2D eigenvalue weighted by Crippen LogP contribution is -2.32. The molecular formula is C17H17F2N3O5. The molecule has 27 heavy (non-hydrogen) atoms. The van der Waals surface area contributed by atoms with Gasteiger partial charge in [-0.2, -0.15) is 8.78 Å². The lowest BCUT2D eigenvalue weighted by atomic mass is 10.2. The van der Waals surface area contributed by atoms with E-state index in [1.54, 1.807) is 6.92 Å². The summed E-state index contributed by atoms with van der Waals surface area (Å²) in [6.45, 7) is -1.35. The average Bonchev–Trinajstić information content (AvgIpc) is 2.62. The van der Waals surface area contributed by atoms with E-state index in [0.717, 1.165) is 0 Å². The summed E-state index contributed by atoms with van der Waals surface area (Å²) in [5.41, 5.74) is 0.470. The maximum absolute atomic E-state index is 12.4. The Kier molecular flexibility index (Phi) is 6.47. The van der Waals surface area contributed by atoms with E-state index < -0.39 is 23.5 Å². The second-order valence-electron chi connectivity index (χ2n) is 5.40. The standard InChI is InChI=1S/C17H17F2N3O5/c1-10(20-11-3-6-13(7-4-11)27-17(18)19)16(23)21-14-9-12(22(24)25)5-8-15(14)26-2/h3-10,17,20H,1-2H3,(H,21,23). The Balaban J connectivity index is 2.05. The third-order valence-corrected chi connectivity index (χ3v) is 3.51. The summed E-state index contributed by atoms with van der Waals surface area (Å²) in [6.07, 6.45) is 0. The van der Waals surface area contributed by atoms with Gasteiger partial charge in [0, 0.05) is 17.8 Å². The number of hydrogen-bond acceptors (Lipinski definition) is 6. The van der Waals surface area contributed by atoms with Gasteiger partial charge in [0.2, 0.25) is 5.91 Å². The number of carbonyl (C=O) groups excluding carboxylic acids is 1. The van der Waals surface area contributed by atoms with Gasteiger partial charge in [0.25, 0.3) is 5.69 Å². The summed E-state index contributed by atoms with van der Waals surface area (Å²) in [4.78, 5) is 22.7. The molecule has 0 saturated carbocycles. The average molecular weight is 381 g/mol. The molecule has 2 aromatic carbocycles. The van der Waals surface area contributed by atoms with Crippen LogP contribution in [-0.4, -0.2) is 30.6 Å². The molecule has 10 heteroatoms. The SMILES string of the molecule is COc1ccc([N+](=O)[O-])cc1NC(=O)C(C)Nc1ccc(OC(F)F)cc1. The van der Waals surface area contributed by atoms with Gasteiger partial charge in [0.05, 0.1) is 17.7 Å². The Morgan fingerprint density at radius 2 is 1.85 bits per heavy atom. The molecule has 0 bridgehead atoms. The van der Waals surface area contributed by atoms with Crippen LogP contribution >= 0.6 is 0 Å². The molecule has 2 aromatic rings. The van der Waals surface area contributed by atoms with E-state index in [1.807, 2.05) is 0 Å². The first kappa shape index (κ1) is 19.9. The van der Waals surface area contributed by atoms with Crippen LogP contribution in [0.1, 0.15) is 6.92 Å². The largest absolute Gasteiger partial charge is 0.495 e. The minimum Gasteiger partial charge on any atom is -0.495 e. The zero-order chi connectivity index (χ0) is 20.0. The van der Waals surface area contributed by atoms with Gasteiger partial charge in [0.1, 0.15) is 17.5 Å². The van der Waals surface area contributed by atoms with Gasteiger partial charge >= 0.3 is 6.61 Å². The van der Waals surface area contributed by atoms with Crippen LogP contribution in [0.25, 0.3) is 0 Å². The van der Waals surface area contributed by atoms with Gasteiger partial charge in [0.15, 0.2) is 0 Å². The Morgan fingerprint density at radius 3 is 2.41 bits per heavy atom. The highest BCUT2D eigenvalue weighted by atomic mass is 19.3. The Hall–Kier alpha value is -3.43. The first-order valence-electron chi connectivity index (χ1n) is 7.75. The number of halogens is 2. The molecule has 0 fully saturated rings. The monoisotopic (exact) mass is 381 g/mol. The maximum atomic E-state index is 12.4. The summed E-state index contributed by atoms with van der Waals surface area (Å²) < 4.78 is 33.6. The topological polar surface area (TPSA) is 103 Å². The number of nitrogens with one attached hydrogen (secondary N) is 2. The van der Waals surface area contributed by atoms with Crippen molar-refractivity contribution in [2.24, 2.45) is 0 Å². The van der Waals surface area contributed by atoms with Gasteiger partial charge in [-0.3, -0.25) is 14.9 Å². The molecule has 0 aliphatic carbocycles. The molecular weight excluding hydrogens is 364 g/mol. The number of nitro benzene ring substituents is 1. The fourth-order valence-electron chi connectivity index (χ4n) is 2.20. The van der Waals surface area contributed by atoms with E-state index in [0.29, 0.717) is 5.69 Å². The third kappa shape index (κ3) is 5.53. The summed E-state index contributed by atoms with van der Waals surface area (Å²) >= 11 is 0. The number of alkyl halides is 2. The van der Waals surface area contributed by atoms with E-state index in [2.05, 4.69) is 15.4 Å². The highest BCUT2D eigenvalue weighted by Gasteiger charge is 2.18. The van der Waals surface area contributed by atoms with E-state index >= 15 is 0 Å². The normalized spacial score (nSPS) is 11.6. The number of anilines is 2. The lowest BCUT2D eigenvalue weighted by molar-refractivity contribution is -0.384. The number of non-ortho nitro benzene ring substituents is 1. The van der Waals surface area contributed by atoms with Gasteiger partial charge in [-0.05, 0) is 37.3 Å². The van der Waals surface area contributed by atoms with Crippen LogP contribution in [0.15, 0.2) is 42.5 Å². The van der Waals surface area contributed by atoms with E-state index in [9.17, 15) is 23.7 Å². The summed E-state index contributed by atoms with van der Waals surface area (Å²) in [6, 6.07) is 8.75. The first-order chi connectivity index (χ1) is 12.8. The van der Waals surface area contributed by atoms with Crippen molar-refractivity contribution < 1.29 is 28.0 Å². The molecule has 8 nitrogen and oxygen atoms in total. The molecule has 0 aromatic heterocycles. The van der Waals surface area contributed by atoms with Crippen molar-refractivity contribution in [3.63, 3.8) is 0 Å². The lowest BCUT2D eigenvalue weighted by Gasteiger charge is -2.17. The Morgan fingerprint density at radius 1 is 1.19 bits per heavy atom. The fraction of sp³-hybridized carbons (Fsp3) is 0.235. The summed E-state index contributed by atoms with van der Waals surface area (Å²) in [5.74, 6) is -0.203. The number of methoxy groups -OCH3 is 1. The molecule has 2 rings (SSSR count). The number of ether oxygens (including phenoxy) is 2. The molecule has 144 valence electrons. The zero-order valence-electron chi connectivity index (χ0n) is 14.4. The van der Waals surface area contributed by atoms with Crippen LogP contribution in [0.5, 0.6) is 11.5 Å². The van der Waals surface area contributed by atoms with Gasteiger partial charge < -0.3 is 20.1 Å². The van der Waals surface area contributed by atoms with E-state index in [-0.39, 0.29) is 22.9 Å². The highest BCUT2D eigenvalue weighted by Crippen LogP contribution is 2.29. The van der Waals surface area contributed by atoms with Crippen molar-refractivity contribution in [2.45, 2.75) is 19.6 Å². The molecule has 1 amide bonds. The minimum atomic E-state index is -2.92. The summed E-state index contributed by atoms with van der Waals surface area (Å²) in [5, 5.41) is 16.3. The third-order valence-electron chi connectivity index (χ3n) is 3.51. The van der Waals surface area contributed by atoms with Gasteiger partial charge in [-0.25, -0.2) is 0 Å². The molecule has 0 radical (unpaired) electrons. The van der Waals surface area contributed by atoms with Crippen LogP contribution in [0.4, 0.5) is 25.8 Å². The first-order valence-corrected chi connectivity index (χ1v) is 7.75. The quantitative estimate of drug-likeness (QED) is 0.535. The molecule has 0 aliphatic heterocycles. The van der Waals surface area contributed by atoms with Gasteiger partial charge in [-0.15, -0.1) is 0 Å².